The lowest BCUT2D eigenvalue weighted by Crippen LogP contribution is -2.20. The summed E-state index contributed by atoms with van der Waals surface area (Å²) in [7, 11) is 0. The van der Waals surface area contributed by atoms with Crippen molar-refractivity contribution in [1.29, 1.82) is 0 Å². The molecule has 6 nitrogen and oxygen atoms in total. The number of anilines is 2. The average molecular weight is 483 g/mol. The van der Waals surface area contributed by atoms with Crippen molar-refractivity contribution in [1.82, 2.24) is 0 Å². The number of carbonyl (C=O) groups is 2. The van der Waals surface area contributed by atoms with Crippen molar-refractivity contribution in [3.05, 3.63) is 81.8 Å². The van der Waals surface area contributed by atoms with Crippen molar-refractivity contribution in [3.63, 3.8) is 0 Å². The van der Waals surface area contributed by atoms with Crippen LogP contribution in [0.4, 0.5) is 11.4 Å². The van der Waals surface area contributed by atoms with Crippen LogP contribution in [-0.4, -0.2) is 25.0 Å². The summed E-state index contributed by atoms with van der Waals surface area (Å²) in [5.74, 6) is 0.371. The second kappa shape index (κ2) is 9.98. The molecule has 0 aromatic heterocycles. The molecule has 0 saturated heterocycles. The molecular formula is C25H20Cl2N2O4. The van der Waals surface area contributed by atoms with Gasteiger partial charge in [0, 0.05) is 22.5 Å². The van der Waals surface area contributed by atoms with Gasteiger partial charge in [-0.15, -0.1) is 0 Å². The van der Waals surface area contributed by atoms with Crippen LogP contribution in [0, 0.1) is 0 Å². The molecule has 3 aromatic carbocycles. The van der Waals surface area contributed by atoms with Crippen LogP contribution in [0.25, 0.3) is 11.6 Å². The lowest BCUT2D eigenvalue weighted by molar-refractivity contribution is -0.118. The monoisotopic (exact) mass is 482 g/mol. The SMILES string of the molecule is CCOc1cc(C=C2C(=O)Nc3ccccc32)ccc1OCC(=O)Nc1ccc(Cl)c(Cl)c1. The summed E-state index contributed by atoms with van der Waals surface area (Å²) >= 11 is 11.9. The minimum Gasteiger partial charge on any atom is -0.490 e. The molecule has 8 heteroatoms. The van der Waals surface area contributed by atoms with Crippen molar-refractivity contribution in [3.8, 4) is 11.5 Å². The third-order valence-corrected chi connectivity index (χ3v) is 5.59. The first kappa shape index (κ1) is 22.7. The quantitative estimate of drug-likeness (QED) is 0.410. The average Bonchev–Trinajstić information content (AvgIpc) is 3.11. The highest BCUT2D eigenvalue weighted by Crippen LogP contribution is 2.35. The molecule has 0 unspecified atom stereocenters. The third kappa shape index (κ3) is 5.30. The zero-order valence-corrected chi connectivity index (χ0v) is 19.2. The number of ether oxygens (including phenoxy) is 2. The normalized spacial score (nSPS) is 13.4. The second-order valence-electron chi connectivity index (χ2n) is 7.16. The first-order chi connectivity index (χ1) is 15.9. The lowest BCUT2D eigenvalue weighted by atomic mass is 10.0. The minimum atomic E-state index is -0.360. The van der Waals surface area contributed by atoms with Gasteiger partial charge in [0.1, 0.15) is 0 Å². The van der Waals surface area contributed by atoms with E-state index in [0.717, 1.165) is 16.8 Å². The third-order valence-electron chi connectivity index (χ3n) is 4.85. The number of fused-ring (bicyclic) bond motifs is 1. The number of carbonyl (C=O) groups excluding carboxylic acids is 2. The Labute approximate surface area is 201 Å². The molecule has 2 amide bonds. The summed E-state index contributed by atoms with van der Waals surface area (Å²) in [4.78, 5) is 24.7. The van der Waals surface area contributed by atoms with Crippen LogP contribution in [-0.2, 0) is 9.59 Å². The van der Waals surface area contributed by atoms with Crippen molar-refractivity contribution in [2.24, 2.45) is 0 Å². The molecule has 33 heavy (non-hydrogen) atoms. The van der Waals surface area contributed by atoms with Gasteiger partial charge < -0.3 is 20.1 Å². The summed E-state index contributed by atoms with van der Waals surface area (Å²) < 4.78 is 11.4. The largest absolute Gasteiger partial charge is 0.490 e. The molecule has 0 bridgehead atoms. The Morgan fingerprint density at radius 1 is 1.00 bits per heavy atom. The standard InChI is InChI=1S/C25H20Cl2N2O4/c1-2-32-23-12-15(11-18-17-5-3-4-6-21(17)29-25(18)31)7-10-22(23)33-14-24(30)28-16-8-9-19(26)20(27)13-16/h3-13H,2,14H2,1H3,(H,28,30)(H,29,31). The molecule has 168 valence electrons. The Kier molecular flexibility index (Phi) is 6.87. The minimum absolute atomic E-state index is 0.159. The van der Waals surface area contributed by atoms with Crippen molar-refractivity contribution < 1.29 is 19.1 Å². The van der Waals surface area contributed by atoms with Crippen LogP contribution >= 0.6 is 23.2 Å². The number of amides is 2. The van der Waals surface area contributed by atoms with Crippen LogP contribution in [0.3, 0.4) is 0 Å². The maximum absolute atomic E-state index is 12.4. The molecule has 1 aliphatic rings. The van der Waals surface area contributed by atoms with Crippen LogP contribution in [0.1, 0.15) is 18.1 Å². The molecule has 1 heterocycles. The summed E-state index contributed by atoms with van der Waals surface area (Å²) in [5, 5.41) is 6.31. The Hall–Kier alpha value is -3.48. The zero-order valence-electron chi connectivity index (χ0n) is 17.7. The molecule has 4 rings (SSSR count). The van der Waals surface area contributed by atoms with Crippen LogP contribution in [0.2, 0.25) is 10.0 Å². The number of nitrogens with one attached hydrogen (secondary N) is 2. The van der Waals surface area contributed by atoms with Crippen LogP contribution < -0.4 is 20.1 Å². The van der Waals surface area contributed by atoms with Crippen molar-refractivity contribution in [2.45, 2.75) is 6.92 Å². The van der Waals surface area contributed by atoms with Gasteiger partial charge in [0.25, 0.3) is 11.8 Å². The van der Waals surface area contributed by atoms with E-state index in [4.69, 9.17) is 32.7 Å². The van der Waals surface area contributed by atoms with Crippen LogP contribution in [0.5, 0.6) is 11.5 Å². The number of halogens is 2. The zero-order chi connectivity index (χ0) is 23.4. The fraction of sp³-hybridized carbons (Fsp3) is 0.120. The Morgan fingerprint density at radius 2 is 1.82 bits per heavy atom. The summed E-state index contributed by atoms with van der Waals surface area (Å²) in [6, 6.07) is 17.6. The van der Waals surface area contributed by atoms with E-state index < -0.39 is 0 Å². The first-order valence-corrected chi connectivity index (χ1v) is 11.0. The number of para-hydroxylation sites is 1. The van der Waals surface area contributed by atoms with E-state index in [1.807, 2.05) is 31.2 Å². The van der Waals surface area contributed by atoms with Gasteiger partial charge in [-0.05, 0) is 55.0 Å². The maximum Gasteiger partial charge on any atom is 0.262 e. The Bertz CT molecular complexity index is 1260. The molecule has 0 saturated carbocycles. The van der Waals surface area contributed by atoms with Crippen molar-refractivity contribution >= 4 is 58.0 Å². The van der Waals surface area contributed by atoms with E-state index in [2.05, 4.69) is 10.6 Å². The predicted molar refractivity (Wildman–Crippen MR) is 131 cm³/mol. The maximum atomic E-state index is 12.4. The predicted octanol–water partition coefficient (Wildman–Crippen LogP) is 5.90. The van der Waals surface area contributed by atoms with Gasteiger partial charge in [0.15, 0.2) is 18.1 Å². The van der Waals surface area contributed by atoms with E-state index >= 15 is 0 Å². The highest BCUT2D eigenvalue weighted by atomic mass is 35.5. The molecular weight excluding hydrogens is 463 g/mol. The van der Waals surface area contributed by atoms with Crippen molar-refractivity contribution in [2.75, 3.05) is 23.8 Å². The number of hydrogen-bond acceptors (Lipinski definition) is 4. The van der Waals surface area contributed by atoms with Gasteiger partial charge in [-0.1, -0.05) is 47.5 Å². The lowest BCUT2D eigenvalue weighted by Gasteiger charge is -2.13. The highest BCUT2D eigenvalue weighted by molar-refractivity contribution is 6.42. The van der Waals surface area contributed by atoms with E-state index in [1.165, 1.54) is 0 Å². The fourth-order valence-corrected chi connectivity index (χ4v) is 3.66. The number of hydrogen-bond donors (Lipinski definition) is 2. The Morgan fingerprint density at radius 3 is 2.61 bits per heavy atom. The van der Waals surface area contributed by atoms with E-state index in [0.29, 0.717) is 39.4 Å². The molecule has 3 aromatic rings. The summed E-state index contributed by atoms with van der Waals surface area (Å²) in [5.41, 5.74) is 3.49. The summed E-state index contributed by atoms with van der Waals surface area (Å²) in [6.45, 7) is 2.04. The molecule has 2 N–H and O–H groups in total. The van der Waals surface area contributed by atoms with E-state index in [9.17, 15) is 9.59 Å². The fourth-order valence-electron chi connectivity index (χ4n) is 3.37. The first-order valence-electron chi connectivity index (χ1n) is 10.2. The van der Waals surface area contributed by atoms with Gasteiger partial charge in [-0.3, -0.25) is 9.59 Å². The van der Waals surface area contributed by atoms with E-state index in [1.54, 1.807) is 42.5 Å². The van der Waals surface area contributed by atoms with E-state index in [-0.39, 0.29) is 18.4 Å². The van der Waals surface area contributed by atoms with Gasteiger partial charge >= 0.3 is 0 Å². The highest BCUT2D eigenvalue weighted by Gasteiger charge is 2.23. The molecule has 0 aliphatic carbocycles. The molecule has 0 atom stereocenters. The Balaban J connectivity index is 1.49. The molecule has 0 fully saturated rings. The van der Waals surface area contributed by atoms with Gasteiger partial charge in [-0.25, -0.2) is 0 Å². The van der Waals surface area contributed by atoms with Gasteiger partial charge in [-0.2, -0.15) is 0 Å². The van der Waals surface area contributed by atoms with Gasteiger partial charge in [0.05, 0.1) is 16.7 Å². The van der Waals surface area contributed by atoms with Crippen LogP contribution in [0.15, 0.2) is 60.7 Å². The second-order valence-corrected chi connectivity index (χ2v) is 7.98. The molecule has 1 aliphatic heterocycles. The van der Waals surface area contributed by atoms with Gasteiger partial charge in [0.2, 0.25) is 0 Å². The smallest absolute Gasteiger partial charge is 0.262 e. The molecule has 0 spiro atoms. The number of benzene rings is 3. The topological polar surface area (TPSA) is 76.7 Å². The molecule has 0 radical (unpaired) electrons. The summed E-state index contributed by atoms with van der Waals surface area (Å²) in [6.07, 6.45) is 1.80. The number of rotatable bonds is 7.